The van der Waals surface area contributed by atoms with Gasteiger partial charge in [-0.1, -0.05) is 35.5 Å². The highest BCUT2D eigenvalue weighted by Gasteiger charge is 1.62. The average Bonchev–Trinajstić information content (AvgIpc) is 2.05. The maximum atomic E-state index is 2.79. The Balaban J connectivity index is 2.83. The number of hydrogen-bond acceptors (Lipinski definition) is 0. The molecule has 0 unspecified atom stereocenters. The lowest BCUT2D eigenvalue weighted by Gasteiger charge is -1.68. The van der Waals surface area contributed by atoms with Crippen molar-refractivity contribution >= 4 is 0 Å². The third-order valence-corrected chi connectivity index (χ3v) is 1.00. The van der Waals surface area contributed by atoms with Crippen molar-refractivity contribution in [2.24, 2.45) is 0 Å². The van der Waals surface area contributed by atoms with E-state index in [4.69, 9.17) is 0 Å². The molecule has 0 aliphatic heterocycles. The van der Waals surface area contributed by atoms with Gasteiger partial charge >= 0.3 is 0 Å². The molecule has 1 aliphatic carbocycles. The first kappa shape index (κ1) is 8.00. The lowest BCUT2D eigenvalue weighted by molar-refractivity contribution is 2.03. The predicted molar refractivity (Wildman–Crippen MR) is 50.7 cm³/mol. The van der Waals surface area contributed by atoms with Gasteiger partial charge in [0.25, 0.3) is 0 Å². The first-order valence-electron chi connectivity index (χ1n) is 3.48. The maximum absolute atomic E-state index is 2.79. The fourth-order valence-electron chi connectivity index (χ4n) is 0.539. The Labute approximate surface area is 72.7 Å². The zero-order chi connectivity index (χ0) is 8.49. The largest absolute Gasteiger partial charge is 0.0696 e. The van der Waals surface area contributed by atoms with Crippen LogP contribution in [0.1, 0.15) is 0 Å². The van der Waals surface area contributed by atoms with E-state index in [9.17, 15) is 0 Å². The van der Waals surface area contributed by atoms with Crippen LogP contribution in [0.2, 0.25) is 0 Å². The van der Waals surface area contributed by atoms with Gasteiger partial charge in [-0.05, 0) is 36.5 Å². The summed E-state index contributed by atoms with van der Waals surface area (Å²) in [6, 6.07) is 0. The minimum absolute atomic E-state index is 1.71. The summed E-state index contributed by atoms with van der Waals surface area (Å²) in [6.07, 6.45) is 10.3. The molecule has 0 aromatic heterocycles. The van der Waals surface area contributed by atoms with Gasteiger partial charge in [-0.2, -0.15) is 0 Å². The van der Waals surface area contributed by atoms with Gasteiger partial charge in [-0.3, -0.25) is 0 Å². The third-order valence-electron chi connectivity index (χ3n) is 1.00. The first-order valence-corrected chi connectivity index (χ1v) is 3.48. The van der Waals surface area contributed by atoms with E-state index in [-0.39, 0.29) is 0 Å². The molecule has 0 amide bonds. The van der Waals surface area contributed by atoms with Crippen LogP contribution < -0.4 is 0 Å². The number of rotatable bonds is 0. The fourth-order valence-corrected chi connectivity index (χ4v) is 0.539. The smallest absolute Gasteiger partial charge is 0.00316 e. The molecule has 1 aliphatic rings. The Morgan fingerprint density at radius 1 is 0.333 bits per heavy atom. The molecule has 12 heavy (non-hydrogen) atoms. The van der Waals surface area contributed by atoms with E-state index in [0.717, 1.165) is 0 Å². The molecule has 0 aromatic rings. The van der Waals surface area contributed by atoms with E-state index in [1.807, 2.05) is 0 Å². The van der Waals surface area contributed by atoms with Crippen LogP contribution in [0, 0.1) is 35.5 Å². The number of allylic oxidation sites excluding steroid dienone is 6. The van der Waals surface area contributed by atoms with Gasteiger partial charge in [-0.25, -0.2) is 0 Å². The van der Waals surface area contributed by atoms with Crippen molar-refractivity contribution in [3.05, 3.63) is 36.5 Å². The summed E-state index contributed by atoms with van der Waals surface area (Å²) < 4.78 is 0. The first-order chi connectivity index (χ1) is 6.00. The standard InChI is InChI=1S/C12H6/c1-2-4-6-8-10-12-11-9-7-5-3-1/h1-2,7-10H. The van der Waals surface area contributed by atoms with Crippen molar-refractivity contribution < 1.29 is 0 Å². The zero-order valence-electron chi connectivity index (χ0n) is 6.46. The molecule has 0 bridgehead atoms. The monoisotopic (exact) mass is 150 g/mol. The average molecular weight is 150 g/mol. The molecule has 0 nitrogen and oxygen atoms in total. The molecule has 0 saturated carbocycles. The van der Waals surface area contributed by atoms with E-state index in [1.165, 1.54) is 0 Å². The second-order valence-corrected chi connectivity index (χ2v) is 1.87. The quantitative estimate of drug-likeness (QED) is 0.461. The molecule has 0 radical (unpaired) electrons. The van der Waals surface area contributed by atoms with Crippen LogP contribution in [0.15, 0.2) is 36.5 Å². The Morgan fingerprint density at radius 3 is 0.667 bits per heavy atom. The minimum Gasteiger partial charge on any atom is -0.0696 e. The number of hydrogen-bond donors (Lipinski definition) is 0. The van der Waals surface area contributed by atoms with E-state index >= 15 is 0 Å². The van der Waals surface area contributed by atoms with Crippen molar-refractivity contribution in [1.29, 1.82) is 0 Å². The van der Waals surface area contributed by atoms with Crippen LogP contribution in [0.3, 0.4) is 0 Å². The molecular formula is C12H6. The molecular weight excluding hydrogens is 144 g/mol. The Morgan fingerprint density at radius 2 is 0.500 bits per heavy atom. The van der Waals surface area contributed by atoms with Crippen LogP contribution in [-0.4, -0.2) is 0 Å². The molecule has 0 aromatic carbocycles. The summed E-state index contributed by atoms with van der Waals surface area (Å²) in [5, 5.41) is 0. The van der Waals surface area contributed by atoms with Crippen molar-refractivity contribution in [3.63, 3.8) is 0 Å². The van der Waals surface area contributed by atoms with E-state index in [0.29, 0.717) is 0 Å². The molecule has 0 spiro atoms. The zero-order valence-corrected chi connectivity index (χ0v) is 6.46. The highest BCUT2D eigenvalue weighted by Crippen LogP contribution is 1.74. The highest BCUT2D eigenvalue weighted by molar-refractivity contribution is 5.36. The molecule has 54 valence electrons. The molecule has 0 atom stereocenters. The van der Waals surface area contributed by atoms with Gasteiger partial charge in [0.05, 0.1) is 0 Å². The molecule has 0 heterocycles. The van der Waals surface area contributed by atoms with Gasteiger partial charge in [-0.15, -0.1) is 0 Å². The van der Waals surface area contributed by atoms with Crippen molar-refractivity contribution in [2.45, 2.75) is 0 Å². The molecule has 0 N–H and O–H groups in total. The molecule has 0 fully saturated rings. The second-order valence-electron chi connectivity index (χ2n) is 1.87. The maximum Gasteiger partial charge on any atom is -0.00316 e. The van der Waals surface area contributed by atoms with Crippen molar-refractivity contribution in [2.75, 3.05) is 0 Å². The van der Waals surface area contributed by atoms with E-state index in [1.54, 1.807) is 36.5 Å². The van der Waals surface area contributed by atoms with E-state index < -0.39 is 0 Å². The SMILES string of the molecule is C1#CC=CC#CC=CC#CC=C1. The Bertz CT molecular complexity index is 302. The third kappa shape index (κ3) is 3.84. The normalized spacial score (nSPS) is 12.0. The molecule has 0 heteroatoms. The minimum atomic E-state index is 1.71. The van der Waals surface area contributed by atoms with Crippen molar-refractivity contribution in [1.82, 2.24) is 0 Å². The summed E-state index contributed by atoms with van der Waals surface area (Å²) in [4.78, 5) is 0. The summed E-state index contributed by atoms with van der Waals surface area (Å²) >= 11 is 0. The predicted octanol–water partition coefficient (Wildman–Crippen LogP) is 1.68. The summed E-state index contributed by atoms with van der Waals surface area (Å²) in [6.45, 7) is 0. The summed E-state index contributed by atoms with van der Waals surface area (Å²) in [7, 11) is 0. The van der Waals surface area contributed by atoms with Crippen LogP contribution in [-0.2, 0) is 0 Å². The topological polar surface area (TPSA) is 0 Å². The summed E-state index contributed by atoms with van der Waals surface area (Å²) in [5.74, 6) is 16.7. The Hall–Kier alpha value is -2.10. The van der Waals surface area contributed by atoms with Crippen molar-refractivity contribution in [3.8, 4) is 35.5 Å². The van der Waals surface area contributed by atoms with Crippen LogP contribution >= 0.6 is 0 Å². The van der Waals surface area contributed by atoms with Crippen LogP contribution in [0.4, 0.5) is 0 Å². The van der Waals surface area contributed by atoms with Gasteiger partial charge in [0, 0.05) is 0 Å². The van der Waals surface area contributed by atoms with Gasteiger partial charge in [0.15, 0.2) is 0 Å². The van der Waals surface area contributed by atoms with Crippen LogP contribution in [0.25, 0.3) is 0 Å². The Kier molecular flexibility index (Phi) is 3.78. The fraction of sp³-hybridized carbons (Fsp3) is 0. The highest BCUT2D eigenvalue weighted by atomic mass is 13.7. The van der Waals surface area contributed by atoms with E-state index in [2.05, 4.69) is 35.5 Å². The summed E-state index contributed by atoms with van der Waals surface area (Å²) in [5.41, 5.74) is 0. The molecule has 0 saturated heterocycles. The second kappa shape index (κ2) is 5.67. The van der Waals surface area contributed by atoms with Crippen LogP contribution in [0.5, 0.6) is 0 Å². The van der Waals surface area contributed by atoms with Gasteiger partial charge in [0.2, 0.25) is 0 Å². The molecule has 1 rings (SSSR count). The lowest BCUT2D eigenvalue weighted by Crippen LogP contribution is -1.56. The lowest BCUT2D eigenvalue weighted by atomic mass is 10.4. The van der Waals surface area contributed by atoms with Gasteiger partial charge in [0.1, 0.15) is 0 Å². The van der Waals surface area contributed by atoms with Gasteiger partial charge < -0.3 is 0 Å².